The van der Waals surface area contributed by atoms with Gasteiger partial charge in [-0.1, -0.05) is 77.0 Å². The van der Waals surface area contributed by atoms with Gasteiger partial charge in [0.15, 0.2) is 5.78 Å². The molecule has 0 amide bonds. The Morgan fingerprint density at radius 1 is 1.00 bits per heavy atom. The molecule has 4 heteroatoms. The third-order valence-corrected chi connectivity index (χ3v) is 7.32. The summed E-state index contributed by atoms with van der Waals surface area (Å²) in [5.41, 5.74) is 3.03. The molecule has 0 radical (unpaired) electrons. The van der Waals surface area contributed by atoms with Gasteiger partial charge in [-0.15, -0.1) is 0 Å². The van der Waals surface area contributed by atoms with Crippen LogP contribution in [0.4, 0.5) is 0 Å². The molecule has 0 fully saturated rings. The highest BCUT2D eigenvalue weighted by molar-refractivity contribution is 7.48. The second kappa shape index (κ2) is 9.91. The molecular formula is C26H29O3P. The van der Waals surface area contributed by atoms with Gasteiger partial charge in [0.2, 0.25) is 0 Å². The first kappa shape index (κ1) is 22.1. The molecule has 30 heavy (non-hydrogen) atoms. The first-order chi connectivity index (χ1) is 14.5. The smallest absolute Gasteiger partial charge is 0.160 e. The molecule has 2 atom stereocenters. The largest absolute Gasteiger partial charge is 0.497 e. The highest BCUT2D eigenvalue weighted by Crippen LogP contribution is 2.48. The molecule has 3 aromatic carbocycles. The van der Waals surface area contributed by atoms with Crippen LogP contribution in [0.5, 0.6) is 11.5 Å². The van der Waals surface area contributed by atoms with Gasteiger partial charge >= 0.3 is 0 Å². The van der Waals surface area contributed by atoms with E-state index in [0.29, 0.717) is 15.2 Å². The van der Waals surface area contributed by atoms with Crippen molar-refractivity contribution < 1.29 is 14.3 Å². The van der Waals surface area contributed by atoms with Crippen molar-refractivity contribution in [2.75, 3.05) is 7.11 Å². The lowest BCUT2D eigenvalue weighted by Gasteiger charge is -2.32. The van der Waals surface area contributed by atoms with E-state index in [1.54, 1.807) is 14.0 Å². The summed E-state index contributed by atoms with van der Waals surface area (Å²) in [5.74, 6) is 1.76. The summed E-state index contributed by atoms with van der Waals surface area (Å²) in [6.45, 7) is 6.57. The van der Waals surface area contributed by atoms with Crippen LogP contribution in [0, 0.1) is 0 Å². The summed E-state index contributed by atoms with van der Waals surface area (Å²) in [7, 11) is 2.11. The molecule has 2 unspecified atom stereocenters. The molecule has 3 rings (SSSR count). The Morgan fingerprint density at radius 3 is 2.37 bits per heavy atom. The summed E-state index contributed by atoms with van der Waals surface area (Å²) in [6, 6.07) is 24.1. The average molecular weight is 420 g/mol. The Morgan fingerprint density at radius 2 is 1.70 bits per heavy atom. The summed E-state index contributed by atoms with van der Waals surface area (Å²) < 4.78 is 11.8. The molecule has 0 aliphatic heterocycles. The molecule has 0 spiro atoms. The molecule has 0 saturated heterocycles. The highest BCUT2D eigenvalue weighted by atomic mass is 31.1. The van der Waals surface area contributed by atoms with Gasteiger partial charge in [0, 0.05) is 16.3 Å². The predicted octanol–water partition coefficient (Wildman–Crippen LogP) is 6.11. The summed E-state index contributed by atoms with van der Waals surface area (Å²) in [4.78, 5) is 12.2. The van der Waals surface area contributed by atoms with E-state index in [1.165, 1.54) is 0 Å². The normalized spacial score (nSPS) is 13.2. The number of benzene rings is 3. The number of hydrogen-bond acceptors (Lipinski definition) is 3. The van der Waals surface area contributed by atoms with E-state index < -0.39 is 0 Å². The Labute approximate surface area is 181 Å². The lowest BCUT2D eigenvalue weighted by molar-refractivity contribution is 0.101. The van der Waals surface area contributed by atoms with Crippen molar-refractivity contribution in [3.63, 3.8) is 0 Å². The zero-order chi connectivity index (χ0) is 21.6. The van der Waals surface area contributed by atoms with Gasteiger partial charge in [-0.2, -0.15) is 0 Å². The van der Waals surface area contributed by atoms with Crippen molar-refractivity contribution in [1.82, 2.24) is 0 Å². The van der Waals surface area contributed by atoms with Crippen molar-refractivity contribution in [1.29, 1.82) is 0 Å². The summed E-state index contributed by atoms with van der Waals surface area (Å²) >= 11 is 0. The number of carbonyl (C=O) groups is 1. The zero-order valence-corrected chi connectivity index (χ0v) is 19.1. The third kappa shape index (κ3) is 5.09. The van der Waals surface area contributed by atoms with E-state index in [9.17, 15) is 4.79 Å². The minimum Gasteiger partial charge on any atom is -0.497 e. The summed E-state index contributed by atoms with van der Waals surface area (Å²) in [5, 5.41) is 0.901. The molecule has 156 valence electrons. The molecular weight excluding hydrogens is 391 g/mol. The van der Waals surface area contributed by atoms with Crippen molar-refractivity contribution in [3.8, 4) is 11.5 Å². The lowest BCUT2D eigenvalue weighted by Crippen LogP contribution is -2.22. The minimum atomic E-state index is -0.188. The molecule has 0 N–H and O–H groups in total. The van der Waals surface area contributed by atoms with E-state index >= 15 is 0 Å². The van der Waals surface area contributed by atoms with Crippen molar-refractivity contribution >= 4 is 19.7 Å². The third-order valence-electron chi connectivity index (χ3n) is 5.44. The molecule has 0 heterocycles. The number of rotatable bonds is 9. The Bertz CT molecular complexity index is 1000. The van der Waals surface area contributed by atoms with Crippen LogP contribution in [-0.4, -0.2) is 12.9 Å². The molecule has 3 aromatic rings. The fourth-order valence-electron chi connectivity index (χ4n) is 3.47. The zero-order valence-electron chi connectivity index (χ0n) is 18.1. The molecule has 0 aromatic heterocycles. The van der Waals surface area contributed by atoms with Crippen LogP contribution in [0.1, 0.15) is 48.7 Å². The van der Waals surface area contributed by atoms with Crippen LogP contribution in [0.3, 0.4) is 0 Å². The number of methoxy groups -OCH3 is 1. The van der Waals surface area contributed by atoms with Gasteiger partial charge in [0.05, 0.1) is 7.11 Å². The first-order valence-electron chi connectivity index (χ1n) is 10.2. The van der Waals surface area contributed by atoms with Crippen LogP contribution in [0.15, 0.2) is 72.8 Å². The van der Waals surface area contributed by atoms with E-state index in [4.69, 9.17) is 9.47 Å². The van der Waals surface area contributed by atoms with Crippen molar-refractivity contribution in [2.45, 2.75) is 39.0 Å². The SMILES string of the molecule is CCC(C)(Pc1ccccc1C(C)=O)c1cc(OC)ccc1OCc1ccccc1. The fraction of sp³-hybridized carbons (Fsp3) is 0.269. The second-order valence-electron chi connectivity index (χ2n) is 7.55. The van der Waals surface area contributed by atoms with E-state index in [-0.39, 0.29) is 10.9 Å². The van der Waals surface area contributed by atoms with Gasteiger partial charge in [0.25, 0.3) is 0 Å². The van der Waals surface area contributed by atoms with Crippen molar-refractivity contribution in [3.05, 3.63) is 89.5 Å². The maximum atomic E-state index is 12.2. The maximum Gasteiger partial charge on any atom is 0.160 e. The van der Waals surface area contributed by atoms with Crippen molar-refractivity contribution in [2.24, 2.45) is 0 Å². The van der Waals surface area contributed by atoms with Crippen LogP contribution in [-0.2, 0) is 11.8 Å². The average Bonchev–Trinajstić information content (AvgIpc) is 2.78. The molecule has 0 bridgehead atoms. The Balaban J connectivity index is 1.98. The fourth-order valence-corrected chi connectivity index (χ4v) is 5.15. The van der Waals surface area contributed by atoms with Crippen LogP contribution >= 0.6 is 8.58 Å². The topological polar surface area (TPSA) is 35.5 Å². The first-order valence-corrected chi connectivity index (χ1v) is 11.2. The van der Waals surface area contributed by atoms with Crippen LogP contribution < -0.4 is 14.8 Å². The standard InChI is InChI=1S/C26H29O3P/c1-5-26(3,30-25-14-10-9-13-22(25)19(2)27)23-17-21(28-4)15-16-24(23)29-18-20-11-7-6-8-12-20/h6-17,30H,5,18H2,1-4H3. The van der Waals surface area contributed by atoms with Crippen LogP contribution in [0.25, 0.3) is 0 Å². The highest BCUT2D eigenvalue weighted by Gasteiger charge is 2.30. The predicted molar refractivity (Wildman–Crippen MR) is 126 cm³/mol. The van der Waals surface area contributed by atoms with Gasteiger partial charge in [-0.3, -0.25) is 4.79 Å². The van der Waals surface area contributed by atoms with Crippen LogP contribution in [0.2, 0.25) is 0 Å². The quantitative estimate of drug-likeness (QED) is 0.310. The second-order valence-corrected chi connectivity index (χ2v) is 9.44. The van der Waals surface area contributed by atoms with Gasteiger partial charge in [-0.25, -0.2) is 0 Å². The van der Waals surface area contributed by atoms with E-state index in [0.717, 1.165) is 39.9 Å². The lowest BCUT2D eigenvalue weighted by atomic mass is 9.96. The number of hydrogen-bond donors (Lipinski definition) is 0. The molecule has 0 aliphatic carbocycles. The maximum absolute atomic E-state index is 12.2. The van der Waals surface area contributed by atoms with Gasteiger partial charge < -0.3 is 9.47 Å². The van der Waals surface area contributed by atoms with E-state index in [2.05, 4.69) is 38.1 Å². The molecule has 3 nitrogen and oxygen atoms in total. The molecule has 0 aliphatic rings. The summed E-state index contributed by atoms with van der Waals surface area (Å²) in [6.07, 6.45) is 0.909. The number of ether oxygens (including phenoxy) is 2. The minimum absolute atomic E-state index is 0.0998. The van der Waals surface area contributed by atoms with Gasteiger partial charge in [-0.05, 0) is 42.4 Å². The Hall–Kier alpha value is -2.64. The Kier molecular flexibility index (Phi) is 7.29. The van der Waals surface area contributed by atoms with Gasteiger partial charge in [0.1, 0.15) is 18.1 Å². The number of carbonyl (C=O) groups excluding carboxylic acids is 1. The van der Waals surface area contributed by atoms with E-state index in [1.807, 2.05) is 48.5 Å². The monoisotopic (exact) mass is 420 g/mol. The number of ketones is 1. The molecule has 0 saturated carbocycles. The number of Topliss-reactive ketones (excluding diaryl/α,β-unsaturated/α-hetero) is 1.